The quantitative estimate of drug-likeness (QED) is 0.776. The van der Waals surface area contributed by atoms with Crippen molar-refractivity contribution in [2.75, 3.05) is 5.75 Å². The summed E-state index contributed by atoms with van der Waals surface area (Å²) in [6.07, 6.45) is 3.51. The minimum atomic E-state index is -3.70. The normalized spacial score (nSPS) is 25.2. The molecule has 2 atom stereocenters. The van der Waals surface area contributed by atoms with Gasteiger partial charge in [0.1, 0.15) is 11.0 Å². The first-order valence-corrected chi connectivity index (χ1v) is 8.31. The van der Waals surface area contributed by atoms with Crippen LogP contribution < -0.4 is 0 Å². The molecule has 1 unspecified atom stereocenters. The number of benzene rings is 1. The van der Waals surface area contributed by atoms with Crippen molar-refractivity contribution in [1.82, 2.24) is 3.71 Å². The van der Waals surface area contributed by atoms with Crippen LogP contribution in [0.5, 0.6) is 0 Å². The van der Waals surface area contributed by atoms with E-state index in [0.29, 0.717) is 0 Å². The summed E-state index contributed by atoms with van der Waals surface area (Å²) < 4.78 is 37.8. The lowest BCUT2D eigenvalue weighted by Gasteiger charge is -2.27. The summed E-state index contributed by atoms with van der Waals surface area (Å²) in [5.74, 6) is 0.245. The Morgan fingerprint density at radius 2 is 1.89 bits per heavy atom. The average Bonchev–Trinajstić information content (AvgIpc) is 2.29. The predicted molar refractivity (Wildman–Crippen MR) is 71.8 cm³/mol. The van der Waals surface area contributed by atoms with Crippen molar-refractivity contribution < 1.29 is 12.6 Å². The van der Waals surface area contributed by atoms with Crippen LogP contribution in [0.1, 0.15) is 12.5 Å². The number of nitrogens with zero attached hydrogens (tertiary/aromatic N) is 1. The highest BCUT2D eigenvalue weighted by Crippen LogP contribution is 2.23. The van der Waals surface area contributed by atoms with Gasteiger partial charge in [-0.1, -0.05) is 29.8 Å². The lowest BCUT2D eigenvalue weighted by atomic mass is 10.2. The Balaban J connectivity index is 2.45. The SMILES string of the molecule is Cc1ccc(S(=O)(=O)N2[C@H](C)C=CCS2=O)cc1. The standard InChI is InChI=1S/C12H15NO3S2/c1-10-5-7-12(8-6-10)18(15,16)13-11(2)4-3-9-17(13)14/h3-8,11H,9H2,1-2H3/t11-,17?/m1/s1. The highest BCUT2D eigenvalue weighted by Gasteiger charge is 2.34. The van der Waals surface area contributed by atoms with Gasteiger partial charge in [-0.25, -0.2) is 12.6 Å². The molecule has 0 aromatic heterocycles. The van der Waals surface area contributed by atoms with Gasteiger partial charge < -0.3 is 0 Å². The molecule has 6 heteroatoms. The molecule has 1 aromatic carbocycles. The molecule has 0 spiro atoms. The van der Waals surface area contributed by atoms with Gasteiger partial charge in [0, 0.05) is 0 Å². The fourth-order valence-corrected chi connectivity index (χ4v) is 5.18. The van der Waals surface area contributed by atoms with Crippen molar-refractivity contribution in [3.8, 4) is 0 Å². The third kappa shape index (κ3) is 2.41. The number of hydrogen-bond donors (Lipinski definition) is 0. The Kier molecular flexibility index (Phi) is 3.70. The molecule has 0 fully saturated rings. The highest BCUT2D eigenvalue weighted by atomic mass is 32.3. The van der Waals surface area contributed by atoms with E-state index in [9.17, 15) is 12.6 Å². The fraction of sp³-hybridized carbons (Fsp3) is 0.333. The van der Waals surface area contributed by atoms with Crippen LogP contribution in [0.2, 0.25) is 0 Å². The highest BCUT2D eigenvalue weighted by molar-refractivity contribution is 8.01. The van der Waals surface area contributed by atoms with E-state index < -0.39 is 21.0 Å². The van der Waals surface area contributed by atoms with Crippen LogP contribution in [0, 0.1) is 6.92 Å². The summed E-state index contributed by atoms with van der Waals surface area (Å²) in [6, 6.07) is 6.19. The molecule has 2 rings (SSSR count). The summed E-state index contributed by atoms with van der Waals surface area (Å²) in [5.41, 5.74) is 0.988. The Bertz CT molecular complexity index is 590. The van der Waals surface area contributed by atoms with Gasteiger partial charge in [-0.2, -0.15) is 0 Å². The third-order valence-electron chi connectivity index (χ3n) is 2.74. The lowest BCUT2D eigenvalue weighted by Crippen LogP contribution is -2.41. The summed E-state index contributed by atoms with van der Waals surface area (Å²) >= 11 is 0. The van der Waals surface area contributed by atoms with Crippen LogP contribution in [0.25, 0.3) is 0 Å². The van der Waals surface area contributed by atoms with Gasteiger partial charge >= 0.3 is 0 Å². The molecule has 0 aliphatic carbocycles. The van der Waals surface area contributed by atoms with E-state index in [1.807, 2.05) is 6.92 Å². The summed E-state index contributed by atoms with van der Waals surface area (Å²) in [7, 11) is -5.22. The van der Waals surface area contributed by atoms with Crippen molar-refractivity contribution >= 4 is 21.0 Å². The topological polar surface area (TPSA) is 54.5 Å². The van der Waals surface area contributed by atoms with Gasteiger partial charge in [-0.05, 0) is 26.0 Å². The van der Waals surface area contributed by atoms with E-state index in [-0.39, 0.29) is 16.7 Å². The fourth-order valence-electron chi connectivity index (χ4n) is 1.81. The monoisotopic (exact) mass is 285 g/mol. The Morgan fingerprint density at radius 1 is 1.28 bits per heavy atom. The maximum absolute atomic E-state index is 12.4. The molecule has 0 bridgehead atoms. The number of hydrogen-bond acceptors (Lipinski definition) is 3. The molecular formula is C12H15NO3S2. The van der Waals surface area contributed by atoms with Gasteiger partial charge in [0.25, 0.3) is 10.0 Å². The summed E-state index contributed by atoms with van der Waals surface area (Å²) in [5, 5.41) is 0. The zero-order chi connectivity index (χ0) is 13.3. The second-order valence-electron chi connectivity index (χ2n) is 4.23. The molecule has 1 heterocycles. The lowest BCUT2D eigenvalue weighted by molar-refractivity contribution is 0.503. The molecule has 0 saturated heterocycles. The van der Waals surface area contributed by atoms with Crippen molar-refractivity contribution in [2.24, 2.45) is 0 Å². The van der Waals surface area contributed by atoms with Crippen LogP contribution in [0.4, 0.5) is 0 Å². The largest absolute Gasteiger partial charge is 0.254 e. The van der Waals surface area contributed by atoms with E-state index in [0.717, 1.165) is 9.27 Å². The first-order valence-electron chi connectivity index (χ1n) is 5.59. The van der Waals surface area contributed by atoms with Crippen LogP contribution in [0.3, 0.4) is 0 Å². The van der Waals surface area contributed by atoms with Gasteiger partial charge in [-0.3, -0.25) is 0 Å². The van der Waals surface area contributed by atoms with Gasteiger partial charge in [0.15, 0.2) is 0 Å². The minimum absolute atomic E-state index is 0.184. The van der Waals surface area contributed by atoms with Gasteiger partial charge in [-0.15, -0.1) is 3.71 Å². The molecule has 0 amide bonds. The van der Waals surface area contributed by atoms with Crippen LogP contribution in [-0.2, 0) is 21.0 Å². The molecule has 0 saturated carbocycles. The number of sulfonamides is 1. The van der Waals surface area contributed by atoms with Gasteiger partial charge in [0.2, 0.25) is 0 Å². The summed E-state index contributed by atoms with van der Waals surface area (Å²) in [6.45, 7) is 3.61. The molecule has 98 valence electrons. The number of aryl methyl sites for hydroxylation is 1. The minimum Gasteiger partial charge on any atom is -0.241 e. The Hall–Kier alpha value is -0.980. The number of rotatable bonds is 2. The summed E-state index contributed by atoms with van der Waals surface area (Å²) in [4.78, 5) is 0.184. The van der Waals surface area contributed by atoms with E-state index in [4.69, 9.17) is 0 Å². The molecular weight excluding hydrogens is 270 g/mol. The predicted octanol–water partition coefficient (Wildman–Crippen LogP) is 1.61. The third-order valence-corrected chi connectivity index (χ3v) is 6.72. The maximum Gasteiger partial charge on any atom is 0.254 e. The Labute approximate surface area is 110 Å². The van der Waals surface area contributed by atoms with E-state index in [2.05, 4.69) is 0 Å². The van der Waals surface area contributed by atoms with E-state index in [1.54, 1.807) is 43.3 Å². The molecule has 18 heavy (non-hydrogen) atoms. The van der Waals surface area contributed by atoms with Gasteiger partial charge in [0.05, 0.1) is 16.7 Å². The van der Waals surface area contributed by atoms with Crippen molar-refractivity contribution in [1.29, 1.82) is 0 Å². The van der Waals surface area contributed by atoms with Crippen molar-refractivity contribution in [3.05, 3.63) is 42.0 Å². The van der Waals surface area contributed by atoms with Crippen LogP contribution >= 0.6 is 0 Å². The van der Waals surface area contributed by atoms with E-state index >= 15 is 0 Å². The van der Waals surface area contributed by atoms with Crippen LogP contribution in [-0.4, -0.2) is 28.1 Å². The molecule has 1 aliphatic rings. The Morgan fingerprint density at radius 3 is 2.44 bits per heavy atom. The zero-order valence-electron chi connectivity index (χ0n) is 10.2. The molecule has 0 N–H and O–H groups in total. The van der Waals surface area contributed by atoms with Crippen LogP contribution in [0.15, 0.2) is 41.3 Å². The van der Waals surface area contributed by atoms with Crippen molar-refractivity contribution in [2.45, 2.75) is 24.8 Å². The second kappa shape index (κ2) is 4.95. The molecule has 1 aliphatic heterocycles. The smallest absolute Gasteiger partial charge is 0.241 e. The maximum atomic E-state index is 12.4. The van der Waals surface area contributed by atoms with E-state index in [1.165, 1.54) is 0 Å². The molecule has 0 radical (unpaired) electrons. The molecule has 1 aromatic rings. The molecule has 4 nitrogen and oxygen atoms in total. The zero-order valence-corrected chi connectivity index (χ0v) is 11.9. The first kappa shape index (κ1) is 13.5. The van der Waals surface area contributed by atoms with Crippen molar-refractivity contribution in [3.63, 3.8) is 0 Å². The second-order valence-corrected chi connectivity index (χ2v) is 7.65. The average molecular weight is 285 g/mol. The first-order chi connectivity index (χ1) is 8.43.